The van der Waals surface area contributed by atoms with Gasteiger partial charge in [0.1, 0.15) is 5.69 Å². The van der Waals surface area contributed by atoms with Crippen LogP contribution in [-0.4, -0.2) is 29.0 Å². The van der Waals surface area contributed by atoms with Crippen LogP contribution >= 0.6 is 0 Å². The maximum absolute atomic E-state index is 14.0. The van der Waals surface area contributed by atoms with E-state index in [-0.39, 0.29) is 18.0 Å². The third-order valence-electron chi connectivity index (χ3n) is 2.92. The third-order valence-corrected chi connectivity index (χ3v) is 2.92. The quantitative estimate of drug-likeness (QED) is 0.811. The van der Waals surface area contributed by atoms with Crippen LogP contribution < -0.4 is 10.5 Å². The Morgan fingerprint density at radius 3 is 3.00 bits per heavy atom. The number of nitrogens with two attached hydrogens (primary N) is 1. The highest BCUT2D eigenvalue weighted by atomic mass is 19.1. The number of rotatable bonds is 6. The largest absolute Gasteiger partial charge is 0.494 e. The summed E-state index contributed by atoms with van der Waals surface area (Å²) in [6.45, 7) is 1.06. The number of hydrogen-bond acceptors (Lipinski definition) is 4. The van der Waals surface area contributed by atoms with Crippen molar-refractivity contribution in [3.05, 3.63) is 47.8 Å². The summed E-state index contributed by atoms with van der Waals surface area (Å²) in [6, 6.07) is 4.73. The number of Topliss-reactive ketones (excluding diaryl/α,β-unsaturated/α-hetero) is 1. The van der Waals surface area contributed by atoms with Gasteiger partial charge in [-0.2, -0.15) is 0 Å². The number of imidazole rings is 1. The number of benzene rings is 1. The molecule has 0 saturated heterocycles. The number of carbonyl (C=O) groups excluding carboxylic acids is 1. The van der Waals surface area contributed by atoms with Crippen molar-refractivity contribution in [2.24, 2.45) is 5.73 Å². The summed E-state index contributed by atoms with van der Waals surface area (Å²) in [5.41, 5.74) is 6.02. The number of halogens is 1. The number of aromatic nitrogens is 2. The third kappa shape index (κ3) is 3.03. The van der Waals surface area contributed by atoms with Crippen molar-refractivity contribution in [3.8, 4) is 5.75 Å². The molecule has 106 valence electrons. The van der Waals surface area contributed by atoms with Gasteiger partial charge in [0, 0.05) is 25.7 Å². The molecule has 1 aromatic carbocycles. The van der Waals surface area contributed by atoms with Crippen molar-refractivity contribution in [1.82, 2.24) is 9.55 Å². The van der Waals surface area contributed by atoms with E-state index in [0.29, 0.717) is 24.3 Å². The first-order valence-electron chi connectivity index (χ1n) is 6.22. The Balaban J connectivity index is 2.14. The first-order chi connectivity index (χ1) is 9.65. The topological polar surface area (TPSA) is 70.1 Å². The van der Waals surface area contributed by atoms with Gasteiger partial charge in [0.05, 0.1) is 13.4 Å². The van der Waals surface area contributed by atoms with E-state index in [9.17, 15) is 9.18 Å². The average Bonchev–Trinajstić information content (AvgIpc) is 2.90. The second kappa shape index (κ2) is 6.29. The van der Waals surface area contributed by atoms with E-state index in [0.717, 1.165) is 0 Å². The first kappa shape index (κ1) is 14.2. The molecule has 1 aromatic heterocycles. The molecular formula is C14H16FN3O2. The van der Waals surface area contributed by atoms with Crippen molar-refractivity contribution in [3.63, 3.8) is 0 Å². The normalized spacial score (nSPS) is 10.6. The van der Waals surface area contributed by atoms with Crippen molar-refractivity contribution < 1.29 is 13.9 Å². The molecule has 0 atom stereocenters. The van der Waals surface area contributed by atoms with Crippen LogP contribution in [0.1, 0.15) is 16.1 Å². The molecule has 2 rings (SSSR count). The molecule has 0 aliphatic heterocycles. The van der Waals surface area contributed by atoms with Crippen molar-refractivity contribution in [1.29, 1.82) is 0 Å². The Hall–Kier alpha value is -2.21. The molecule has 0 unspecified atom stereocenters. The summed E-state index contributed by atoms with van der Waals surface area (Å²) in [5.74, 6) is -0.623. The molecule has 0 fully saturated rings. The number of carbonyl (C=O) groups is 1. The van der Waals surface area contributed by atoms with Gasteiger partial charge in [0.2, 0.25) is 0 Å². The van der Waals surface area contributed by atoms with Crippen LogP contribution in [0.25, 0.3) is 0 Å². The van der Waals surface area contributed by atoms with Gasteiger partial charge in [-0.05, 0) is 11.6 Å². The zero-order chi connectivity index (χ0) is 14.5. The fraction of sp³-hybridized carbons (Fsp3) is 0.286. The minimum absolute atomic E-state index is 0.0529. The summed E-state index contributed by atoms with van der Waals surface area (Å²) in [6.07, 6.45) is 3.11. The minimum atomic E-state index is -0.509. The molecule has 0 spiro atoms. The van der Waals surface area contributed by atoms with Gasteiger partial charge in [0.15, 0.2) is 17.3 Å². The molecule has 0 bridgehead atoms. The predicted octanol–water partition coefficient (Wildman–Crippen LogP) is 1.41. The predicted molar refractivity (Wildman–Crippen MR) is 72.3 cm³/mol. The van der Waals surface area contributed by atoms with Crippen LogP contribution in [0.15, 0.2) is 30.7 Å². The van der Waals surface area contributed by atoms with Gasteiger partial charge < -0.3 is 15.0 Å². The van der Waals surface area contributed by atoms with Crippen LogP contribution in [0, 0.1) is 5.82 Å². The lowest BCUT2D eigenvalue weighted by Gasteiger charge is -2.05. The highest BCUT2D eigenvalue weighted by Gasteiger charge is 2.15. The van der Waals surface area contributed by atoms with Crippen LogP contribution in [0.4, 0.5) is 4.39 Å². The molecule has 2 aromatic rings. The van der Waals surface area contributed by atoms with Crippen molar-refractivity contribution in [2.75, 3.05) is 13.7 Å². The van der Waals surface area contributed by atoms with Crippen LogP contribution in [-0.2, 0) is 13.0 Å². The van der Waals surface area contributed by atoms with Crippen molar-refractivity contribution >= 4 is 5.78 Å². The average molecular weight is 277 g/mol. The molecule has 0 aliphatic carbocycles. The second-order valence-electron chi connectivity index (χ2n) is 4.32. The van der Waals surface area contributed by atoms with Crippen molar-refractivity contribution in [2.45, 2.75) is 13.0 Å². The number of methoxy groups -OCH3 is 1. The Kier molecular flexibility index (Phi) is 4.47. The summed E-state index contributed by atoms with van der Waals surface area (Å²) in [7, 11) is 1.39. The Morgan fingerprint density at radius 1 is 1.50 bits per heavy atom. The molecule has 5 nitrogen and oxygen atoms in total. The van der Waals surface area contributed by atoms with Gasteiger partial charge >= 0.3 is 0 Å². The SMILES string of the molecule is COc1cccc(CC(=O)c2cn(CCN)cn2)c1F. The van der Waals surface area contributed by atoms with Gasteiger partial charge in [-0.3, -0.25) is 4.79 Å². The van der Waals surface area contributed by atoms with E-state index in [4.69, 9.17) is 10.5 Å². The Bertz CT molecular complexity index is 610. The molecule has 0 amide bonds. The second-order valence-corrected chi connectivity index (χ2v) is 4.32. The molecule has 0 saturated carbocycles. The van der Waals surface area contributed by atoms with Crippen LogP contribution in [0.2, 0.25) is 0 Å². The highest BCUT2D eigenvalue weighted by molar-refractivity contribution is 5.95. The maximum Gasteiger partial charge on any atom is 0.187 e. The van der Waals surface area contributed by atoms with Gasteiger partial charge in [0.25, 0.3) is 0 Å². The molecule has 6 heteroatoms. The van der Waals surface area contributed by atoms with Crippen LogP contribution in [0.5, 0.6) is 5.75 Å². The number of hydrogen-bond donors (Lipinski definition) is 1. The number of ketones is 1. The Morgan fingerprint density at radius 2 is 2.30 bits per heavy atom. The Labute approximate surface area is 116 Å². The zero-order valence-electron chi connectivity index (χ0n) is 11.2. The van der Waals surface area contributed by atoms with E-state index < -0.39 is 5.82 Å². The zero-order valence-corrected chi connectivity index (χ0v) is 11.2. The lowest BCUT2D eigenvalue weighted by Crippen LogP contribution is -2.09. The first-order valence-corrected chi connectivity index (χ1v) is 6.22. The van der Waals surface area contributed by atoms with E-state index in [1.54, 1.807) is 29.2 Å². The minimum Gasteiger partial charge on any atom is -0.494 e. The lowest BCUT2D eigenvalue weighted by atomic mass is 10.1. The lowest BCUT2D eigenvalue weighted by molar-refractivity contribution is 0.0987. The summed E-state index contributed by atoms with van der Waals surface area (Å²) < 4.78 is 20.6. The fourth-order valence-corrected chi connectivity index (χ4v) is 1.89. The monoisotopic (exact) mass is 277 g/mol. The van der Waals surface area contributed by atoms with Gasteiger partial charge in [-0.25, -0.2) is 9.37 Å². The molecule has 20 heavy (non-hydrogen) atoms. The highest BCUT2D eigenvalue weighted by Crippen LogP contribution is 2.21. The molecule has 0 radical (unpaired) electrons. The number of ether oxygens (including phenoxy) is 1. The number of nitrogens with zero attached hydrogens (tertiary/aromatic N) is 2. The standard InChI is InChI=1S/C14H16FN3O2/c1-20-13-4-2-3-10(14(13)15)7-12(19)11-8-18(6-5-16)9-17-11/h2-4,8-9H,5-7,16H2,1H3. The van der Waals surface area contributed by atoms with Crippen LogP contribution in [0.3, 0.4) is 0 Å². The van der Waals surface area contributed by atoms with E-state index in [1.165, 1.54) is 13.2 Å². The maximum atomic E-state index is 14.0. The summed E-state index contributed by atoms with van der Waals surface area (Å²) in [4.78, 5) is 16.1. The molecular weight excluding hydrogens is 261 g/mol. The molecule has 1 heterocycles. The molecule has 0 aliphatic rings. The van der Waals surface area contributed by atoms with E-state index in [2.05, 4.69) is 4.98 Å². The van der Waals surface area contributed by atoms with E-state index >= 15 is 0 Å². The summed E-state index contributed by atoms with van der Waals surface area (Å²) in [5, 5.41) is 0. The smallest absolute Gasteiger partial charge is 0.187 e. The van der Waals surface area contributed by atoms with Gasteiger partial charge in [-0.1, -0.05) is 12.1 Å². The van der Waals surface area contributed by atoms with Gasteiger partial charge in [-0.15, -0.1) is 0 Å². The summed E-state index contributed by atoms with van der Waals surface area (Å²) >= 11 is 0. The molecule has 2 N–H and O–H groups in total. The van der Waals surface area contributed by atoms with E-state index in [1.807, 2.05) is 0 Å². The fourth-order valence-electron chi connectivity index (χ4n) is 1.89.